The Morgan fingerprint density at radius 2 is 1.97 bits per heavy atom. The van der Waals surface area contributed by atoms with Crippen LogP contribution in [0.4, 0.5) is 0 Å². The van der Waals surface area contributed by atoms with Gasteiger partial charge in [0.25, 0.3) is 0 Å². The number of carbonyl (C=O) groups is 2. The molecule has 1 amide bonds. The maximum Gasteiger partial charge on any atom is 0.242 e. The van der Waals surface area contributed by atoms with Gasteiger partial charge in [-0.3, -0.25) is 9.59 Å². The maximum absolute atomic E-state index is 13.1. The Kier molecular flexibility index (Phi) is 6.73. The van der Waals surface area contributed by atoms with Gasteiger partial charge >= 0.3 is 0 Å². The zero-order valence-corrected chi connectivity index (χ0v) is 19.1. The lowest BCUT2D eigenvalue weighted by Gasteiger charge is -2.40. The monoisotopic (exact) mass is 509 g/mol. The van der Waals surface area contributed by atoms with Gasteiger partial charge in [-0.1, -0.05) is 52.8 Å². The van der Waals surface area contributed by atoms with Crippen LogP contribution in [0, 0.1) is 0 Å². The summed E-state index contributed by atoms with van der Waals surface area (Å²) in [7, 11) is 0. The second-order valence-corrected chi connectivity index (χ2v) is 9.76. The van der Waals surface area contributed by atoms with Crippen LogP contribution >= 0.6 is 50.6 Å². The number of halogens is 2. The molecule has 0 bridgehead atoms. The summed E-state index contributed by atoms with van der Waals surface area (Å²) in [5, 5.41) is 15.5. The molecule has 2 aromatic rings. The Bertz CT molecular complexity index is 981. The standard InChI is InChI=1S/C21H17BrClNO3S2/c1-12(25)9-18(13(2)23)29-19-17(26)10-21(24-20(19)27,15-7-8-28-11-15)14-3-5-16(22)6-4-14/h3-9,11,19,25H,1-2,10H2,(H,24,27)/b18-9+. The van der Waals surface area contributed by atoms with Gasteiger partial charge in [-0.25, -0.2) is 0 Å². The van der Waals surface area contributed by atoms with E-state index in [0.29, 0.717) is 4.91 Å². The van der Waals surface area contributed by atoms with Crippen molar-refractivity contribution in [1.82, 2.24) is 5.32 Å². The molecule has 0 saturated carbocycles. The highest BCUT2D eigenvalue weighted by Gasteiger charge is 2.47. The number of rotatable bonds is 6. The molecule has 2 unspecified atom stereocenters. The Labute approximate surface area is 190 Å². The number of aliphatic hydroxyl groups is 1. The van der Waals surface area contributed by atoms with Crippen molar-refractivity contribution < 1.29 is 14.7 Å². The van der Waals surface area contributed by atoms with Crippen LogP contribution < -0.4 is 5.32 Å². The Morgan fingerprint density at radius 1 is 1.28 bits per heavy atom. The molecule has 0 spiro atoms. The number of piperidine rings is 1. The smallest absolute Gasteiger partial charge is 0.242 e. The Hall–Kier alpha value is -1.80. The number of Topliss-reactive ketones (excluding diaryl/α,β-unsaturated/α-hetero) is 1. The lowest BCUT2D eigenvalue weighted by Crippen LogP contribution is -2.58. The van der Waals surface area contributed by atoms with Gasteiger partial charge in [0.05, 0.1) is 5.54 Å². The molecule has 4 nitrogen and oxygen atoms in total. The highest BCUT2D eigenvalue weighted by molar-refractivity contribution is 9.10. The molecular formula is C21H17BrClNO3S2. The zero-order chi connectivity index (χ0) is 21.2. The lowest BCUT2D eigenvalue weighted by molar-refractivity contribution is -0.132. The molecular weight excluding hydrogens is 494 g/mol. The average Bonchev–Trinajstić information content (AvgIpc) is 3.19. The highest BCUT2D eigenvalue weighted by Crippen LogP contribution is 2.41. The fourth-order valence-corrected chi connectivity index (χ4v) is 5.30. The number of hydrogen-bond donors (Lipinski definition) is 2. The van der Waals surface area contributed by atoms with Crippen LogP contribution in [-0.2, 0) is 15.1 Å². The van der Waals surface area contributed by atoms with Gasteiger partial charge < -0.3 is 10.4 Å². The third-order valence-corrected chi connectivity index (χ3v) is 7.33. The van der Waals surface area contributed by atoms with E-state index in [9.17, 15) is 14.7 Å². The van der Waals surface area contributed by atoms with Crippen LogP contribution in [0.2, 0.25) is 0 Å². The SMILES string of the molecule is C=C(O)/C=C(/SC1C(=O)CC(c2ccc(Br)cc2)(c2ccsc2)NC1=O)C(=C)Cl. The quantitative estimate of drug-likeness (QED) is 0.299. The predicted molar refractivity (Wildman–Crippen MR) is 123 cm³/mol. The molecule has 150 valence electrons. The molecule has 2 atom stereocenters. The Morgan fingerprint density at radius 3 is 2.48 bits per heavy atom. The summed E-state index contributed by atoms with van der Waals surface area (Å²) in [4.78, 5) is 26.5. The van der Waals surface area contributed by atoms with Crippen LogP contribution in [-0.4, -0.2) is 22.0 Å². The molecule has 29 heavy (non-hydrogen) atoms. The molecule has 0 radical (unpaired) electrons. The number of ketones is 1. The number of aliphatic hydroxyl groups excluding tert-OH is 1. The van der Waals surface area contributed by atoms with E-state index in [4.69, 9.17) is 11.6 Å². The number of allylic oxidation sites excluding steroid dienone is 2. The van der Waals surface area contributed by atoms with Gasteiger partial charge in [-0.05, 0) is 46.2 Å². The van der Waals surface area contributed by atoms with E-state index >= 15 is 0 Å². The van der Waals surface area contributed by atoms with Gasteiger partial charge in [-0.2, -0.15) is 11.3 Å². The number of hydrogen-bond acceptors (Lipinski definition) is 5. The molecule has 8 heteroatoms. The first-order valence-electron chi connectivity index (χ1n) is 8.47. The number of thioether (sulfide) groups is 1. The van der Waals surface area contributed by atoms with Gasteiger partial charge in [-0.15, -0.1) is 11.8 Å². The third-order valence-electron chi connectivity index (χ3n) is 4.47. The highest BCUT2D eigenvalue weighted by atomic mass is 79.9. The summed E-state index contributed by atoms with van der Waals surface area (Å²) in [5.41, 5.74) is 0.746. The summed E-state index contributed by atoms with van der Waals surface area (Å²) >= 11 is 11.8. The van der Waals surface area contributed by atoms with E-state index in [0.717, 1.165) is 27.4 Å². The summed E-state index contributed by atoms with van der Waals surface area (Å²) in [6.07, 6.45) is 1.38. The number of benzene rings is 1. The average molecular weight is 511 g/mol. The van der Waals surface area contributed by atoms with Crippen LogP contribution in [0.15, 0.2) is 80.5 Å². The van der Waals surface area contributed by atoms with Crippen molar-refractivity contribution in [2.24, 2.45) is 0 Å². The van der Waals surface area contributed by atoms with Crippen molar-refractivity contribution >= 4 is 62.3 Å². The molecule has 2 heterocycles. The van der Waals surface area contributed by atoms with Crippen molar-refractivity contribution in [3.63, 3.8) is 0 Å². The summed E-state index contributed by atoms with van der Waals surface area (Å²) in [5.74, 6) is -0.895. The molecule has 1 saturated heterocycles. The number of nitrogens with one attached hydrogen (secondary N) is 1. The van der Waals surface area contributed by atoms with E-state index in [1.54, 1.807) is 0 Å². The minimum atomic E-state index is -1.00. The van der Waals surface area contributed by atoms with Gasteiger partial charge in [0.15, 0.2) is 5.78 Å². The van der Waals surface area contributed by atoms with Crippen LogP contribution in [0.1, 0.15) is 17.5 Å². The molecule has 1 aliphatic heterocycles. The first-order chi connectivity index (χ1) is 13.7. The fourth-order valence-electron chi connectivity index (χ4n) is 3.15. The van der Waals surface area contributed by atoms with Crippen LogP contribution in [0.3, 0.4) is 0 Å². The normalized spacial score (nSPS) is 22.3. The molecule has 3 rings (SSSR count). The van der Waals surface area contributed by atoms with E-state index < -0.39 is 16.7 Å². The predicted octanol–water partition coefficient (Wildman–Crippen LogP) is 5.65. The second kappa shape index (κ2) is 8.92. The number of thiophene rings is 1. The van der Waals surface area contributed by atoms with Crippen molar-refractivity contribution in [2.45, 2.75) is 17.2 Å². The number of amides is 1. The molecule has 2 N–H and O–H groups in total. The van der Waals surface area contributed by atoms with Crippen LogP contribution in [0.5, 0.6) is 0 Å². The first-order valence-corrected chi connectivity index (χ1v) is 11.5. The third kappa shape index (κ3) is 4.69. The van der Waals surface area contributed by atoms with E-state index in [2.05, 4.69) is 34.4 Å². The summed E-state index contributed by atoms with van der Waals surface area (Å²) < 4.78 is 0.906. The van der Waals surface area contributed by atoms with Crippen molar-refractivity contribution in [3.05, 3.63) is 91.6 Å². The van der Waals surface area contributed by atoms with E-state index in [1.165, 1.54) is 17.4 Å². The molecule has 1 aromatic heterocycles. The van der Waals surface area contributed by atoms with Gasteiger partial charge in [0, 0.05) is 20.8 Å². The van der Waals surface area contributed by atoms with Crippen molar-refractivity contribution in [2.75, 3.05) is 0 Å². The van der Waals surface area contributed by atoms with Crippen molar-refractivity contribution in [1.29, 1.82) is 0 Å². The van der Waals surface area contributed by atoms with Crippen molar-refractivity contribution in [3.8, 4) is 0 Å². The topological polar surface area (TPSA) is 66.4 Å². The lowest BCUT2D eigenvalue weighted by atomic mass is 9.77. The molecule has 1 aliphatic rings. The second-order valence-electron chi connectivity index (χ2n) is 6.46. The number of carbonyl (C=O) groups excluding carboxylic acids is 2. The van der Waals surface area contributed by atoms with E-state index in [1.807, 2.05) is 41.1 Å². The molecule has 1 fully saturated rings. The minimum absolute atomic E-state index is 0.0941. The summed E-state index contributed by atoms with van der Waals surface area (Å²) in [6, 6.07) is 9.46. The Balaban J connectivity index is 1.98. The zero-order valence-electron chi connectivity index (χ0n) is 15.2. The summed E-state index contributed by atoms with van der Waals surface area (Å²) in [6.45, 7) is 7.02. The van der Waals surface area contributed by atoms with Gasteiger partial charge in [0.2, 0.25) is 5.91 Å². The largest absolute Gasteiger partial charge is 0.509 e. The van der Waals surface area contributed by atoms with E-state index in [-0.39, 0.29) is 23.0 Å². The van der Waals surface area contributed by atoms with Gasteiger partial charge in [0.1, 0.15) is 11.0 Å². The minimum Gasteiger partial charge on any atom is -0.509 e. The molecule has 0 aliphatic carbocycles. The van der Waals surface area contributed by atoms with Crippen LogP contribution in [0.25, 0.3) is 0 Å². The fraction of sp³-hybridized carbons (Fsp3) is 0.143. The molecule has 1 aromatic carbocycles. The maximum atomic E-state index is 13.1. The first kappa shape index (κ1) is 21.9.